The van der Waals surface area contributed by atoms with Crippen molar-refractivity contribution in [2.45, 2.75) is 51.0 Å². The molecule has 1 aliphatic rings. The van der Waals surface area contributed by atoms with Crippen LogP contribution in [-0.4, -0.2) is 17.0 Å². The third kappa shape index (κ3) is 2.75. The van der Waals surface area contributed by atoms with Crippen LogP contribution < -0.4 is 0 Å². The minimum Gasteiger partial charge on any atom is -0.385 e. The molecule has 2 unspecified atom stereocenters. The van der Waals surface area contributed by atoms with Crippen LogP contribution in [0.2, 0.25) is 0 Å². The Hall–Kier alpha value is -1.15. The summed E-state index contributed by atoms with van der Waals surface area (Å²) in [6.45, 7) is 1.84. The highest BCUT2D eigenvalue weighted by atomic mass is 16.3. The molecule has 1 aliphatic carbocycles. The topological polar surface area (TPSA) is 37.3 Å². The number of hydrogen-bond acceptors (Lipinski definition) is 2. The molecule has 0 saturated heterocycles. The van der Waals surface area contributed by atoms with E-state index in [1.54, 1.807) is 0 Å². The van der Waals surface area contributed by atoms with Gasteiger partial charge < -0.3 is 5.11 Å². The second kappa shape index (κ2) is 5.46. The molecular weight excluding hydrogens is 212 g/mol. The number of aliphatic hydroxyl groups is 1. The molecule has 2 heteroatoms. The lowest BCUT2D eigenvalue weighted by Gasteiger charge is -2.25. The van der Waals surface area contributed by atoms with Crippen LogP contribution in [0.1, 0.15) is 49.7 Å². The van der Waals surface area contributed by atoms with Crippen molar-refractivity contribution in [3.8, 4) is 0 Å². The zero-order valence-electron chi connectivity index (χ0n) is 10.4. The van der Waals surface area contributed by atoms with Crippen molar-refractivity contribution in [3.63, 3.8) is 0 Å². The van der Waals surface area contributed by atoms with Crippen molar-refractivity contribution in [2.24, 2.45) is 0 Å². The summed E-state index contributed by atoms with van der Waals surface area (Å²) in [5.41, 5.74) is 2.69. The third-order valence-corrected chi connectivity index (χ3v) is 3.70. The number of aliphatic hydroxyl groups excluding tert-OH is 1. The molecule has 2 atom stereocenters. The monoisotopic (exact) mass is 232 g/mol. The number of Topliss-reactive ketones (excluding diaryl/α,β-unsaturated/α-hetero) is 1. The predicted octanol–water partition coefficient (Wildman–Crippen LogP) is 2.84. The molecule has 1 N–H and O–H groups in total. The Bertz CT molecular complexity index is 398. The summed E-state index contributed by atoms with van der Waals surface area (Å²) in [6, 6.07) is 8.38. The van der Waals surface area contributed by atoms with Crippen LogP contribution in [0.3, 0.4) is 0 Å². The fraction of sp³-hybridized carbons (Fsp3) is 0.533. The number of fused-ring (bicyclic) bond motifs is 1. The first-order valence-corrected chi connectivity index (χ1v) is 6.51. The van der Waals surface area contributed by atoms with Crippen LogP contribution in [0.5, 0.6) is 0 Å². The Morgan fingerprint density at radius 3 is 3.00 bits per heavy atom. The molecule has 0 saturated carbocycles. The Balaban J connectivity index is 2.11. The summed E-state index contributed by atoms with van der Waals surface area (Å²) in [5.74, 6) is 0.308. The standard InChI is InChI=1S/C15H20O2/c1-2-14(16)15(17)10-12-8-5-7-11-6-3-4-9-13(11)12/h3-4,6,9,12,14,16H,2,5,7-8,10H2,1H3. The minimum absolute atomic E-state index is 0.00537. The molecule has 2 rings (SSSR count). The average Bonchev–Trinajstić information content (AvgIpc) is 2.38. The van der Waals surface area contributed by atoms with Crippen LogP contribution >= 0.6 is 0 Å². The molecule has 0 spiro atoms. The first kappa shape index (κ1) is 12.3. The minimum atomic E-state index is -0.774. The molecule has 1 aromatic rings. The largest absolute Gasteiger partial charge is 0.385 e. The van der Waals surface area contributed by atoms with E-state index in [9.17, 15) is 9.90 Å². The second-order valence-electron chi connectivity index (χ2n) is 4.88. The van der Waals surface area contributed by atoms with E-state index in [2.05, 4.69) is 18.2 Å². The highest BCUT2D eigenvalue weighted by Crippen LogP contribution is 2.34. The SMILES string of the molecule is CCC(O)C(=O)CC1CCCc2ccccc21. The number of carbonyl (C=O) groups excluding carboxylic acids is 1. The maximum Gasteiger partial charge on any atom is 0.161 e. The van der Waals surface area contributed by atoms with Crippen molar-refractivity contribution in [1.82, 2.24) is 0 Å². The van der Waals surface area contributed by atoms with Gasteiger partial charge in [0.25, 0.3) is 0 Å². The smallest absolute Gasteiger partial charge is 0.161 e. The number of carbonyl (C=O) groups is 1. The van der Waals surface area contributed by atoms with E-state index in [0.717, 1.165) is 19.3 Å². The number of rotatable bonds is 4. The molecule has 0 radical (unpaired) electrons. The molecule has 92 valence electrons. The van der Waals surface area contributed by atoms with Crippen molar-refractivity contribution in [1.29, 1.82) is 0 Å². The highest BCUT2D eigenvalue weighted by Gasteiger charge is 2.24. The fourth-order valence-electron chi connectivity index (χ4n) is 2.67. The summed E-state index contributed by atoms with van der Waals surface area (Å²) in [7, 11) is 0. The molecular formula is C15H20O2. The van der Waals surface area contributed by atoms with Crippen LogP contribution in [0.25, 0.3) is 0 Å². The first-order valence-electron chi connectivity index (χ1n) is 6.51. The Kier molecular flexibility index (Phi) is 3.95. The van der Waals surface area contributed by atoms with Gasteiger partial charge in [-0.3, -0.25) is 4.79 Å². The van der Waals surface area contributed by atoms with Gasteiger partial charge in [-0.15, -0.1) is 0 Å². The summed E-state index contributed by atoms with van der Waals surface area (Å²) >= 11 is 0. The zero-order valence-corrected chi connectivity index (χ0v) is 10.4. The van der Waals surface area contributed by atoms with E-state index in [0.29, 0.717) is 18.8 Å². The average molecular weight is 232 g/mol. The van der Waals surface area contributed by atoms with Gasteiger partial charge >= 0.3 is 0 Å². The molecule has 2 nitrogen and oxygen atoms in total. The van der Waals surface area contributed by atoms with Crippen LogP contribution in [0.15, 0.2) is 24.3 Å². The van der Waals surface area contributed by atoms with Gasteiger partial charge in [-0.25, -0.2) is 0 Å². The third-order valence-electron chi connectivity index (χ3n) is 3.70. The Morgan fingerprint density at radius 2 is 2.24 bits per heavy atom. The maximum absolute atomic E-state index is 11.8. The lowest BCUT2D eigenvalue weighted by molar-refractivity contribution is -0.127. The Morgan fingerprint density at radius 1 is 1.47 bits per heavy atom. The van der Waals surface area contributed by atoms with E-state index in [4.69, 9.17) is 0 Å². The highest BCUT2D eigenvalue weighted by molar-refractivity contribution is 5.83. The summed E-state index contributed by atoms with van der Waals surface area (Å²) < 4.78 is 0. The van der Waals surface area contributed by atoms with E-state index in [1.165, 1.54) is 11.1 Å². The van der Waals surface area contributed by atoms with Crippen molar-refractivity contribution >= 4 is 5.78 Å². The molecule has 0 heterocycles. The molecule has 0 aliphatic heterocycles. The number of aryl methyl sites for hydroxylation is 1. The summed E-state index contributed by atoms with van der Waals surface area (Å²) in [6.07, 6.45) is 3.58. The van der Waals surface area contributed by atoms with Gasteiger partial charge in [0.15, 0.2) is 5.78 Å². The van der Waals surface area contributed by atoms with E-state index in [1.807, 2.05) is 13.0 Å². The van der Waals surface area contributed by atoms with Gasteiger partial charge in [0.05, 0.1) is 0 Å². The second-order valence-corrected chi connectivity index (χ2v) is 4.88. The molecule has 17 heavy (non-hydrogen) atoms. The number of hydrogen-bond donors (Lipinski definition) is 1. The van der Waals surface area contributed by atoms with Crippen LogP contribution in [0, 0.1) is 0 Å². The van der Waals surface area contributed by atoms with E-state index >= 15 is 0 Å². The molecule has 0 amide bonds. The Labute approximate surface area is 103 Å². The quantitative estimate of drug-likeness (QED) is 0.866. The van der Waals surface area contributed by atoms with Gasteiger partial charge in [0.1, 0.15) is 6.10 Å². The van der Waals surface area contributed by atoms with Crippen LogP contribution in [0.4, 0.5) is 0 Å². The van der Waals surface area contributed by atoms with Gasteiger partial charge in [0, 0.05) is 6.42 Å². The van der Waals surface area contributed by atoms with Crippen molar-refractivity contribution in [2.75, 3.05) is 0 Å². The summed E-state index contributed by atoms with van der Waals surface area (Å²) in [5, 5.41) is 9.56. The van der Waals surface area contributed by atoms with Crippen molar-refractivity contribution in [3.05, 3.63) is 35.4 Å². The van der Waals surface area contributed by atoms with E-state index < -0.39 is 6.10 Å². The summed E-state index contributed by atoms with van der Waals surface area (Å²) in [4.78, 5) is 11.8. The normalized spacial score (nSPS) is 20.7. The molecule has 0 aromatic heterocycles. The first-order chi connectivity index (χ1) is 8.22. The van der Waals surface area contributed by atoms with Crippen LogP contribution in [-0.2, 0) is 11.2 Å². The fourth-order valence-corrected chi connectivity index (χ4v) is 2.67. The lowest BCUT2D eigenvalue weighted by Crippen LogP contribution is -2.23. The van der Waals surface area contributed by atoms with Gasteiger partial charge in [0.2, 0.25) is 0 Å². The van der Waals surface area contributed by atoms with Gasteiger partial charge in [-0.2, -0.15) is 0 Å². The maximum atomic E-state index is 11.8. The number of ketones is 1. The van der Waals surface area contributed by atoms with Gasteiger partial charge in [-0.05, 0) is 42.7 Å². The zero-order chi connectivity index (χ0) is 12.3. The predicted molar refractivity (Wildman–Crippen MR) is 68.0 cm³/mol. The molecule has 0 bridgehead atoms. The van der Waals surface area contributed by atoms with E-state index in [-0.39, 0.29) is 5.78 Å². The van der Waals surface area contributed by atoms with Gasteiger partial charge in [-0.1, -0.05) is 31.2 Å². The molecule has 1 aromatic carbocycles. The van der Waals surface area contributed by atoms with Crippen molar-refractivity contribution < 1.29 is 9.90 Å². The lowest BCUT2D eigenvalue weighted by atomic mass is 9.80. The molecule has 0 fully saturated rings. The number of benzene rings is 1.